The van der Waals surface area contributed by atoms with Crippen LogP contribution in [-0.2, 0) is 11.3 Å². The van der Waals surface area contributed by atoms with Gasteiger partial charge in [0.1, 0.15) is 6.54 Å². The average Bonchev–Trinajstić information content (AvgIpc) is 2.78. The highest BCUT2D eigenvalue weighted by Crippen LogP contribution is 2.10. The summed E-state index contributed by atoms with van der Waals surface area (Å²) in [5.74, 6) is 0.650. The van der Waals surface area contributed by atoms with Gasteiger partial charge in [0, 0.05) is 19.8 Å². The molecule has 17 heavy (non-hydrogen) atoms. The first-order chi connectivity index (χ1) is 8.19. The highest BCUT2D eigenvalue weighted by atomic mass is 16.1. The molecule has 0 spiro atoms. The van der Waals surface area contributed by atoms with E-state index in [2.05, 4.69) is 29.6 Å². The van der Waals surface area contributed by atoms with Crippen molar-refractivity contribution in [1.29, 1.82) is 0 Å². The van der Waals surface area contributed by atoms with Gasteiger partial charge in [0.05, 0.1) is 11.9 Å². The number of hydrogen-bond donors (Lipinski definition) is 2. The van der Waals surface area contributed by atoms with Gasteiger partial charge in [-0.1, -0.05) is 26.7 Å². The third-order valence-corrected chi connectivity index (χ3v) is 2.97. The molecule has 1 aromatic rings. The van der Waals surface area contributed by atoms with Gasteiger partial charge in [-0.15, -0.1) is 0 Å². The quantitative estimate of drug-likeness (QED) is 0.756. The summed E-state index contributed by atoms with van der Waals surface area (Å²) in [6, 6.07) is 0. The van der Waals surface area contributed by atoms with Crippen molar-refractivity contribution in [2.45, 2.75) is 33.2 Å². The second-order valence-corrected chi connectivity index (χ2v) is 4.16. The van der Waals surface area contributed by atoms with Gasteiger partial charge in [-0.25, -0.2) is 0 Å². The number of likely N-dealkylation sites (N-methyl/N-ethyl adjacent to an activating group) is 1. The lowest BCUT2D eigenvalue weighted by molar-refractivity contribution is -0.121. The van der Waals surface area contributed by atoms with E-state index < -0.39 is 0 Å². The number of nitrogens with zero attached hydrogens (tertiary/aromatic N) is 2. The predicted molar refractivity (Wildman–Crippen MR) is 68.9 cm³/mol. The van der Waals surface area contributed by atoms with E-state index in [1.54, 1.807) is 17.9 Å². The molecule has 0 unspecified atom stereocenters. The van der Waals surface area contributed by atoms with E-state index in [1.807, 2.05) is 6.20 Å². The largest absolute Gasteiger partial charge is 0.382 e. The molecule has 1 heterocycles. The standard InChI is InChI=1S/C12H22N4O/c1-4-10(5-2)6-14-11-7-15-16(8-11)9-12(17)13-3/h7-8,10,14H,4-6,9H2,1-3H3,(H,13,17). The molecule has 0 bridgehead atoms. The Morgan fingerprint density at radius 3 is 2.76 bits per heavy atom. The van der Waals surface area contributed by atoms with Gasteiger partial charge < -0.3 is 10.6 Å². The molecule has 0 fully saturated rings. The van der Waals surface area contributed by atoms with Crippen molar-refractivity contribution in [3.05, 3.63) is 12.4 Å². The SMILES string of the molecule is CCC(CC)CNc1cnn(CC(=O)NC)c1. The second kappa shape index (κ2) is 6.93. The Morgan fingerprint density at radius 1 is 1.47 bits per heavy atom. The first kappa shape index (κ1) is 13.5. The Morgan fingerprint density at radius 2 is 2.18 bits per heavy atom. The van der Waals surface area contributed by atoms with Crippen molar-refractivity contribution in [2.75, 3.05) is 18.9 Å². The highest BCUT2D eigenvalue weighted by molar-refractivity contribution is 5.75. The molecular weight excluding hydrogens is 216 g/mol. The highest BCUT2D eigenvalue weighted by Gasteiger charge is 2.05. The zero-order valence-electron chi connectivity index (χ0n) is 10.9. The number of carbonyl (C=O) groups is 1. The summed E-state index contributed by atoms with van der Waals surface area (Å²) in [7, 11) is 1.62. The normalized spacial score (nSPS) is 10.6. The molecule has 96 valence electrons. The number of aromatic nitrogens is 2. The van der Waals surface area contributed by atoms with E-state index in [4.69, 9.17) is 0 Å². The predicted octanol–water partition coefficient (Wildman–Crippen LogP) is 1.48. The molecule has 0 aliphatic rings. The van der Waals surface area contributed by atoms with Crippen molar-refractivity contribution in [3.63, 3.8) is 0 Å². The monoisotopic (exact) mass is 238 g/mol. The number of hydrogen-bond acceptors (Lipinski definition) is 3. The van der Waals surface area contributed by atoms with Crippen LogP contribution in [0, 0.1) is 5.92 Å². The Labute approximate surface area is 103 Å². The van der Waals surface area contributed by atoms with Gasteiger partial charge in [0.15, 0.2) is 0 Å². The maximum atomic E-state index is 11.2. The van der Waals surface area contributed by atoms with Crippen LogP contribution >= 0.6 is 0 Å². The molecule has 1 aromatic heterocycles. The van der Waals surface area contributed by atoms with Gasteiger partial charge in [-0.2, -0.15) is 5.10 Å². The maximum absolute atomic E-state index is 11.2. The number of nitrogens with one attached hydrogen (secondary N) is 2. The van der Waals surface area contributed by atoms with Crippen molar-refractivity contribution in [1.82, 2.24) is 15.1 Å². The summed E-state index contributed by atoms with van der Waals surface area (Å²) < 4.78 is 1.63. The van der Waals surface area contributed by atoms with E-state index in [1.165, 1.54) is 12.8 Å². The summed E-state index contributed by atoms with van der Waals surface area (Å²) in [6.07, 6.45) is 5.97. The van der Waals surface area contributed by atoms with Crippen LogP contribution in [0.5, 0.6) is 0 Å². The van der Waals surface area contributed by atoms with Crippen LogP contribution in [0.3, 0.4) is 0 Å². The van der Waals surface area contributed by atoms with E-state index in [0.717, 1.165) is 12.2 Å². The summed E-state index contributed by atoms with van der Waals surface area (Å²) in [5.41, 5.74) is 0.973. The van der Waals surface area contributed by atoms with Gasteiger partial charge in [0.25, 0.3) is 0 Å². The Hall–Kier alpha value is -1.52. The topological polar surface area (TPSA) is 59.0 Å². The van der Waals surface area contributed by atoms with Crippen LogP contribution in [-0.4, -0.2) is 29.3 Å². The van der Waals surface area contributed by atoms with Crippen molar-refractivity contribution in [3.8, 4) is 0 Å². The van der Waals surface area contributed by atoms with E-state index in [9.17, 15) is 4.79 Å². The summed E-state index contributed by atoms with van der Waals surface area (Å²) in [4.78, 5) is 11.2. The lowest BCUT2D eigenvalue weighted by Crippen LogP contribution is -2.23. The summed E-state index contributed by atoms with van der Waals surface area (Å²) in [5, 5.41) is 10.0. The maximum Gasteiger partial charge on any atom is 0.241 e. The Kier molecular flexibility index (Phi) is 5.52. The lowest BCUT2D eigenvalue weighted by Gasteiger charge is -2.12. The van der Waals surface area contributed by atoms with Crippen LogP contribution in [0.1, 0.15) is 26.7 Å². The van der Waals surface area contributed by atoms with Crippen LogP contribution in [0.4, 0.5) is 5.69 Å². The van der Waals surface area contributed by atoms with Crippen LogP contribution in [0.15, 0.2) is 12.4 Å². The van der Waals surface area contributed by atoms with E-state index in [0.29, 0.717) is 5.92 Å². The Bertz CT molecular complexity index is 344. The summed E-state index contributed by atoms with van der Waals surface area (Å²) in [6.45, 7) is 5.62. The van der Waals surface area contributed by atoms with Gasteiger partial charge >= 0.3 is 0 Å². The zero-order chi connectivity index (χ0) is 12.7. The molecule has 0 aliphatic carbocycles. The fourth-order valence-electron chi connectivity index (χ4n) is 1.61. The summed E-state index contributed by atoms with van der Waals surface area (Å²) >= 11 is 0. The number of carbonyl (C=O) groups excluding carboxylic acids is 1. The fraction of sp³-hybridized carbons (Fsp3) is 0.667. The number of anilines is 1. The fourth-order valence-corrected chi connectivity index (χ4v) is 1.61. The molecule has 1 rings (SSSR count). The van der Waals surface area contributed by atoms with Gasteiger partial charge in [-0.05, 0) is 5.92 Å². The molecule has 5 nitrogen and oxygen atoms in total. The number of amides is 1. The van der Waals surface area contributed by atoms with Crippen LogP contribution in [0.2, 0.25) is 0 Å². The molecule has 1 amide bonds. The van der Waals surface area contributed by atoms with E-state index in [-0.39, 0.29) is 12.5 Å². The molecule has 5 heteroatoms. The Balaban J connectivity index is 2.42. The first-order valence-electron chi connectivity index (χ1n) is 6.16. The molecule has 0 saturated heterocycles. The minimum Gasteiger partial charge on any atom is -0.382 e. The molecule has 0 atom stereocenters. The van der Waals surface area contributed by atoms with Crippen LogP contribution in [0.25, 0.3) is 0 Å². The third-order valence-electron chi connectivity index (χ3n) is 2.97. The average molecular weight is 238 g/mol. The van der Waals surface area contributed by atoms with Crippen LogP contribution < -0.4 is 10.6 Å². The number of rotatable bonds is 7. The molecule has 0 aromatic carbocycles. The minimum atomic E-state index is -0.0420. The minimum absolute atomic E-state index is 0.0420. The first-order valence-corrected chi connectivity index (χ1v) is 6.16. The lowest BCUT2D eigenvalue weighted by atomic mass is 10.0. The van der Waals surface area contributed by atoms with Crippen molar-refractivity contribution < 1.29 is 4.79 Å². The molecule has 2 N–H and O–H groups in total. The van der Waals surface area contributed by atoms with Gasteiger partial charge in [0.2, 0.25) is 5.91 Å². The second-order valence-electron chi connectivity index (χ2n) is 4.16. The third kappa shape index (κ3) is 4.46. The van der Waals surface area contributed by atoms with Gasteiger partial charge in [-0.3, -0.25) is 9.48 Å². The molecule has 0 aliphatic heterocycles. The molecular formula is C12H22N4O. The van der Waals surface area contributed by atoms with Crippen molar-refractivity contribution >= 4 is 11.6 Å². The van der Waals surface area contributed by atoms with E-state index >= 15 is 0 Å². The zero-order valence-corrected chi connectivity index (χ0v) is 10.9. The molecule has 0 saturated carbocycles. The van der Waals surface area contributed by atoms with Crippen molar-refractivity contribution in [2.24, 2.45) is 5.92 Å². The molecule has 0 radical (unpaired) electrons. The smallest absolute Gasteiger partial charge is 0.241 e.